The maximum atomic E-state index is 12.5. The Morgan fingerprint density at radius 3 is 2.84 bits per heavy atom. The van der Waals surface area contributed by atoms with Crippen LogP contribution in [0.3, 0.4) is 0 Å². The Kier molecular flexibility index (Phi) is 5.08. The van der Waals surface area contributed by atoms with Crippen LogP contribution in [0, 0.1) is 18.8 Å². The minimum Gasteiger partial charge on any atom is -0.381 e. The number of aryl methyl sites for hydroxylation is 1. The SMILES string of the molecule is Cc1nc(C(=O)N2CC3(C2)OCC[C@H]3COCC2CCOCC2)cs1. The van der Waals surface area contributed by atoms with Crippen LogP contribution in [-0.4, -0.2) is 67.5 Å². The molecule has 0 aromatic carbocycles. The molecule has 1 atom stereocenters. The van der Waals surface area contributed by atoms with Crippen LogP contribution >= 0.6 is 11.3 Å². The fourth-order valence-corrected chi connectivity index (χ4v) is 4.61. The molecular formula is C18H26N2O4S. The first-order valence-electron chi connectivity index (χ1n) is 9.17. The quantitative estimate of drug-likeness (QED) is 0.799. The zero-order valence-electron chi connectivity index (χ0n) is 14.7. The van der Waals surface area contributed by atoms with Crippen molar-refractivity contribution in [3.8, 4) is 0 Å². The van der Waals surface area contributed by atoms with Crippen LogP contribution in [0.2, 0.25) is 0 Å². The molecule has 0 N–H and O–H groups in total. The lowest BCUT2D eigenvalue weighted by Gasteiger charge is -2.50. The molecule has 4 rings (SSSR count). The Morgan fingerprint density at radius 1 is 1.32 bits per heavy atom. The number of thiazole rings is 1. The van der Waals surface area contributed by atoms with E-state index in [1.165, 1.54) is 11.3 Å². The minimum atomic E-state index is -0.198. The Labute approximate surface area is 152 Å². The van der Waals surface area contributed by atoms with Crippen molar-refractivity contribution in [3.63, 3.8) is 0 Å². The first kappa shape index (κ1) is 17.4. The maximum Gasteiger partial charge on any atom is 0.273 e. The third-order valence-corrected chi connectivity index (χ3v) is 6.43. The van der Waals surface area contributed by atoms with Crippen LogP contribution in [0.1, 0.15) is 34.8 Å². The van der Waals surface area contributed by atoms with Gasteiger partial charge in [0.2, 0.25) is 0 Å². The van der Waals surface area contributed by atoms with Gasteiger partial charge in [0.15, 0.2) is 0 Å². The Bertz CT molecular complexity index is 608. The van der Waals surface area contributed by atoms with Gasteiger partial charge >= 0.3 is 0 Å². The van der Waals surface area contributed by atoms with E-state index in [2.05, 4.69) is 4.98 Å². The van der Waals surface area contributed by atoms with Gasteiger partial charge in [0, 0.05) is 37.7 Å². The largest absolute Gasteiger partial charge is 0.381 e. The number of aromatic nitrogens is 1. The maximum absolute atomic E-state index is 12.5. The van der Waals surface area contributed by atoms with E-state index < -0.39 is 0 Å². The number of hydrogen-bond donors (Lipinski definition) is 0. The molecule has 138 valence electrons. The lowest BCUT2D eigenvalue weighted by atomic mass is 9.81. The van der Waals surface area contributed by atoms with Gasteiger partial charge in [-0.1, -0.05) is 0 Å². The van der Waals surface area contributed by atoms with E-state index in [4.69, 9.17) is 14.2 Å². The zero-order chi connectivity index (χ0) is 17.3. The predicted molar refractivity (Wildman–Crippen MR) is 93.9 cm³/mol. The number of likely N-dealkylation sites (tertiary alicyclic amines) is 1. The van der Waals surface area contributed by atoms with Gasteiger partial charge in [-0.05, 0) is 32.1 Å². The molecule has 0 bridgehead atoms. The van der Waals surface area contributed by atoms with Crippen molar-refractivity contribution in [2.75, 3.05) is 46.1 Å². The van der Waals surface area contributed by atoms with E-state index in [9.17, 15) is 4.79 Å². The molecule has 1 aromatic rings. The van der Waals surface area contributed by atoms with Gasteiger partial charge in [-0.25, -0.2) is 4.98 Å². The average Bonchev–Trinajstić information content (AvgIpc) is 3.20. The highest BCUT2D eigenvalue weighted by molar-refractivity contribution is 7.09. The second kappa shape index (κ2) is 7.31. The van der Waals surface area contributed by atoms with E-state index in [0.29, 0.717) is 30.6 Å². The molecular weight excluding hydrogens is 340 g/mol. The highest BCUT2D eigenvalue weighted by Crippen LogP contribution is 2.40. The van der Waals surface area contributed by atoms with E-state index in [1.807, 2.05) is 17.2 Å². The molecule has 25 heavy (non-hydrogen) atoms. The van der Waals surface area contributed by atoms with Crippen molar-refractivity contribution < 1.29 is 19.0 Å². The number of carbonyl (C=O) groups excluding carboxylic acids is 1. The monoisotopic (exact) mass is 366 g/mol. The van der Waals surface area contributed by atoms with Crippen molar-refractivity contribution in [1.82, 2.24) is 9.88 Å². The fourth-order valence-electron chi connectivity index (χ4n) is 4.03. The molecule has 3 aliphatic rings. The van der Waals surface area contributed by atoms with Crippen LogP contribution in [0.4, 0.5) is 0 Å². The lowest BCUT2D eigenvalue weighted by Crippen LogP contribution is -2.66. The Balaban J connectivity index is 1.26. The van der Waals surface area contributed by atoms with Gasteiger partial charge in [0.25, 0.3) is 5.91 Å². The van der Waals surface area contributed by atoms with Crippen molar-refractivity contribution in [2.24, 2.45) is 11.8 Å². The summed E-state index contributed by atoms with van der Waals surface area (Å²) in [6.07, 6.45) is 3.22. The van der Waals surface area contributed by atoms with Crippen molar-refractivity contribution in [1.29, 1.82) is 0 Å². The van der Waals surface area contributed by atoms with Gasteiger partial charge in [-0.15, -0.1) is 11.3 Å². The number of hydrogen-bond acceptors (Lipinski definition) is 6. The van der Waals surface area contributed by atoms with Crippen LogP contribution < -0.4 is 0 Å². The minimum absolute atomic E-state index is 0.0207. The number of rotatable bonds is 5. The van der Waals surface area contributed by atoms with Gasteiger partial charge in [-0.2, -0.15) is 0 Å². The smallest absolute Gasteiger partial charge is 0.273 e. The van der Waals surface area contributed by atoms with Gasteiger partial charge in [-0.3, -0.25) is 4.79 Å². The molecule has 3 fully saturated rings. The Morgan fingerprint density at radius 2 is 2.12 bits per heavy atom. The van der Waals surface area contributed by atoms with E-state index in [0.717, 1.165) is 57.3 Å². The van der Waals surface area contributed by atoms with Crippen LogP contribution in [0.15, 0.2) is 5.38 Å². The first-order valence-corrected chi connectivity index (χ1v) is 10.1. The molecule has 0 unspecified atom stereocenters. The molecule has 7 heteroatoms. The standard InChI is InChI=1S/C18H26N2O4S/c1-13-19-16(10-25-13)17(21)20-11-18(12-20)15(4-7-24-18)9-23-8-14-2-5-22-6-3-14/h10,14-15H,2-9,11-12H2,1H3/t15-/m0/s1. The molecule has 1 amide bonds. The molecule has 1 aromatic heterocycles. The number of nitrogens with zero attached hydrogens (tertiary/aromatic N) is 2. The normalized spacial score (nSPS) is 26.1. The van der Waals surface area contributed by atoms with Gasteiger partial charge < -0.3 is 19.1 Å². The highest BCUT2D eigenvalue weighted by Gasteiger charge is 2.54. The molecule has 3 saturated heterocycles. The topological polar surface area (TPSA) is 60.9 Å². The Hall–Kier alpha value is -1.02. The third kappa shape index (κ3) is 3.60. The molecule has 0 radical (unpaired) electrons. The summed E-state index contributed by atoms with van der Waals surface area (Å²) in [5.41, 5.74) is 0.360. The third-order valence-electron chi connectivity index (χ3n) is 5.66. The van der Waals surface area contributed by atoms with Crippen molar-refractivity contribution >= 4 is 17.2 Å². The van der Waals surface area contributed by atoms with E-state index in [1.54, 1.807) is 0 Å². The molecule has 0 saturated carbocycles. The summed E-state index contributed by atoms with van der Waals surface area (Å²) >= 11 is 1.51. The molecule has 3 aliphatic heterocycles. The first-order chi connectivity index (χ1) is 12.2. The molecule has 4 heterocycles. The van der Waals surface area contributed by atoms with Crippen molar-refractivity contribution in [2.45, 2.75) is 31.8 Å². The molecule has 0 aliphatic carbocycles. The average molecular weight is 366 g/mol. The van der Waals surface area contributed by atoms with E-state index in [-0.39, 0.29) is 11.5 Å². The fraction of sp³-hybridized carbons (Fsp3) is 0.778. The molecule has 6 nitrogen and oxygen atoms in total. The highest BCUT2D eigenvalue weighted by atomic mass is 32.1. The van der Waals surface area contributed by atoms with Gasteiger partial charge in [0.05, 0.1) is 24.7 Å². The van der Waals surface area contributed by atoms with Crippen molar-refractivity contribution in [3.05, 3.63) is 16.1 Å². The number of amides is 1. The summed E-state index contributed by atoms with van der Waals surface area (Å²) in [6, 6.07) is 0. The van der Waals surface area contributed by atoms with Gasteiger partial charge in [0.1, 0.15) is 11.3 Å². The summed E-state index contributed by atoms with van der Waals surface area (Å²) in [4.78, 5) is 18.6. The zero-order valence-corrected chi connectivity index (χ0v) is 15.6. The summed E-state index contributed by atoms with van der Waals surface area (Å²) in [5.74, 6) is 1.03. The second-order valence-corrected chi connectivity index (χ2v) is 8.47. The predicted octanol–water partition coefficient (Wildman–Crippen LogP) is 2.13. The van der Waals surface area contributed by atoms with Crippen LogP contribution in [0.5, 0.6) is 0 Å². The number of ether oxygens (including phenoxy) is 3. The van der Waals surface area contributed by atoms with Crippen LogP contribution in [0.25, 0.3) is 0 Å². The summed E-state index contributed by atoms with van der Waals surface area (Å²) in [6.45, 7) is 7.27. The van der Waals surface area contributed by atoms with Crippen LogP contribution in [-0.2, 0) is 14.2 Å². The number of carbonyl (C=O) groups is 1. The summed E-state index contributed by atoms with van der Waals surface area (Å²) in [5, 5.41) is 2.77. The lowest BCUT2D eigenvalue weighted by molar-refractivity contribution is -0.130. The van der Waals surface area contributed by atoms with E-state index >= 15 is 0 Å². The second-order valence-electron chi connectivity index (χ2n) is 7.41. The molecule has 1 spiro atoms. The summed E-state index contributed by atoms with van der Waals surface area (Å²) in [7, 11) is 0. The summed E-state index contributed by atoms with van der Waals surface area (Å²) < 4.78 is 17.5.